The van der Waals surface area contributed by atoms with Crippen LogP contribution in [0.15, 0.2) is 72.8 Å². The fourth-order valence-electron chi connectivity index (χ4n) is 3.22. The first kappa shape index (κ1) is 18.4. The van der Waals surface area contributed by atoms with Crippen molar-refractivity contribution in [2.75, 3.05) is 26.4 Å². The Morgan fingerprint density at radius 3 is 1.59 bits per heavy atom. The highest BCUT2D eigenvalue weighted by Crippen LogP contribution is 2.27. The van der Waals surface area contributed by atoms with Gasteiger partial charge in [-0.25, -0.2) is 0 Å². The SMILES string of the molecule is c1cc(-c2ccc(-c3ccc(OCC4CO4)cc3)cc2)ccc1COCC1CO1. The van der Waals surface area contributed by atoms with E-state index < -0.39 is 0 Å². The van der Waals surface area contributed by atoms with Gasteiger partial charge in [-0.1, -0.05) is 60.7 Å². The highest BCUT2D eigenvalue weighted by atomic mass is 16.6. The molecule has 0 aromatic heterocycles. The maximum absolute atomic E-state index is 5.71. The smallest absolute Gasteiger partial charge is 0.119 e. The van der Waals surface area contributed by atoms with Gasteiger partial charge in [0.2, 0.25) is 0 Å². The van der Waals surface area contributed by atoms with E-state index >= 15 is 0 Å². The fraction of sp³-hybridized carbons (Fsp3) is 0.280. The number of benzene rings is 3. The van der Waals surface area contributed by atoms with Gasteiger partial charge in [0.1, 0.15) is 24.6 Å². The summed E-state index contributed by atoms with van der Waals surface area (Å²) in [4.78, 5) is 0. The van der Waals surface area contributed by atoms with Gasteiger partial charge in [-0.3, -0.25) is 0 Å². The standard InChI is InChI=1S/C25H24O4/c1-3-19(4-2-18(1)13-26-14-24-15-28-24)20-5-7-21(8-6-20)22-9-11-23(12-10-22)27-16-25-17-29-25/h1-12,24-25H,13-17H2. The van der Waals surface area contributed by atoms with Gasteiger partial charge in [-0.2, -0.15) is 0 Å². The Bertz CT molecular complexity index is 924. The van der Waals surface area contributed by atoms with Gasteiger partial charge in [-0.05, 0) is 39.9 Å². The Kier molecular flexibility index (Phi) is 5.31. The van der Waals surface area contributed by atoms with Gasteiger partial charge in [0.15, 0.2) is 0 Å². The molecule has 0 N–H and O–H groups in total. The van der Waals surface area contributed by atoms with E-state index in [1.165, 1.54) is 27.8 Å². The Hall–Kier alpha value is -2.66. The Morgan fingerprint density at radius 1 is 0.621 bits per heavy atom. The van der Waals surface area contributed by atoms with E-state index in [0.717, 1.165) is 19.0 Å². The van der Waals surface area contributed by atoms with Crippen molar-refractivity contribution in [1.29, 1.82) is 0 Å². The van der Waals surface area contributed by atoms with Crippen LogP contribution in [0.2, 0.25) is 0 Å². The Balaban J connectivity index is 1.20. The van der Waals surface area contributed by atoms with Gasteiger partial charge >= 0.3 is 0 Å². The van der Waals surface area contributed by atoms with Crippen molar-refractivity contribution in [1.82, 2.24) is 0 Å². The van der Waals surface area contributed by atoms with Gasteiger partial charge in [0, 0.05) is 0 Å². The minimum Gasteiger partial charge on any atom is -0.491 e. The molecule has 5 rings (SSSR count). The normalized spacial score (nSPS) is 19.7. The molecule has 3 aromatic carbocycles. The lowest BCUT2D eigenvalue weighted by atomic mass is 9.99. The Labute approximate surface area is 171 Å². The van der Waals surface area contributed by atoms with Crippen LogP contribution in [-0.2, 0) is 20.8 Å². The van der Waals surface area contributed by atoms with Gasteiger partial charge in [0.25, 0.3) is 0 Å². The van der Waals surface area contributed by atoms with Crippen LogP contribution >= 0.6 is 0 Å². The second-order valence-electron chi connectivity index (χ2n) is 7.54. The van der Waals surface area contributed by atoms with Crippen LogP contribution in [0.1, 0.15) is 5.56 Å². The molecule has 2 fully saturated rings. The van der Waals surface area contributed by atoms with Crippen molar-refractivity contribution in [2.24, 2.45) is 0 Å². The van der Waals surface area contributed by atoms with Gasteiger partial charge in [-0.15, -0.1) is 0 Å². The molecule has 2 atom stereocenters. The zero-order valence-electron chi connectivity index (χ0n) is 16.3. The van der Waals surface area contributed by atoms with Gasteiger partial charge in [0.05, 0.1) is 26.4 Å². The average Bonchev–Trinajstić information content (AvgIpc) is 3.69. The summed E-state index contributed by atoms with van der Waals surface area (Å²) in [5.41, 5.74) is 5.97. The van der Waals surface area contributed by atoms with E-state index in [0.29, 0.717) is 25.9 Å². The van der Waals surface area contributed by atoms with Crippen LogP contribution < -0.4 is 4.74 Å². The van der Waals surface area contributed by atoms with Crippen LogP contribution in [0.5, 0.6) is 5.75 Å². The second kappa shape index (κ2) is 8.37. The minimum absolute atomic E-state index is 0.279. The molecule has 2 aliphatic heterocycles. The maximum Gasteiger partial charge on any atom is 0.119 e. The monoisotopic (exact) mass is 388 g/mol. The molecule has 4 nitrogen and oxygen atoms in total. The summed E-state index contributed by atoms with van der Waals surface area (Å²) in [6.45, 7) is 3.60. The molecule has 0 saturated carbocycles. The average molecular weight is 388 g/mol. The van der Waals surface area contributed by atoms with Crippen molar-refractivity contribution < 1.29 is 18.9 Å². The first-order chi connectivity index (χ1) is 14.3. The van der Waals surface area contributed by atoms with E-state index in [1.54, 1.807) is 0 Å². The molecule has 148 valence electrons. The third-order valence-electron chi connectivity index (χ3n) is 5.17. The fourth-order valence-corrected chi connectivity index (χ4v) is 3.22. The molecular weight excluding hydrogens is 364 g/mol. The molecule has 29 heavy (non-hydrogen) atoms. The molecule has 0 spiro atoms. The lowest BCUT2D eigenvalue weighted by Crippen LogP contribution is -2.03. The number of rotatable bonds is 9. The van der Waals surface area contributed by atoms with E-state index in [9.17, 15) is 0 Å². The molecule has 3 aromatic rings. The molecule has 0 bridgehead atoms. The summed E-state index contributed by atoms with van der Waals surface area (Å²) in [7, 11) is 0. The van der Waals surface area contributed by atoms with Crippen molar-refractivity contribution >= 4 is 0 Å². The molecule has 0 amide bonds. The molecule has 0 radical (unpaired) electrons. The quantitative estimate of drug-likeness (QED) is 0.498. The first-order valence-electron chi connectivity index (χ1n) is 10.1. The number of hydrogen-bond acceptors (Lipinski definition) is 4. The van der Waals surface area contributed by atoms with Crippen LogP contribution in [0.3, 0.4) is 0 Å². The molecule has 2 heterocycles. The van der Waals surface area contributed by atoms with E-state index in [2.05, 4.69) is 60.7 Å². The van der Waals surface area contributed by atoms with E-state index in [4.69, 9.17) is 18.9 Å². The summed E-state index contributed by atoms with van der Waals surface area (Å²) in [6, 6.07) is 25.4. The molecule has 2 unspecified atom stereocenters. The third kappa shape index (κ3) is 5.04. The van der Waals surface area contributed by atoms with Crippen molar-refractivity contribution in [3.63, 3.8) is 0 Å². The highest BCUT2D eigenvalue weighted by molar-refractivity contribution is 5.70. The molecule has 2 aliphatic rings. The van der Waals surface area contributed by atoms with Gasteiger partial charge < -0.3 is 18.9 Å². The van der Waals surface area contributed by atoms with E-state index in [1.807, 2.05) is 12.1 Å². The van der Waals surface area contributed by atoms with Crippen molar-refractivity contribution in [2.45, 2.75) is 18.8 Å². The molecule has 2 saturated heterocycles. The van der Waals surface area contributed by atoms with Crippen LogP contribution in [0, 0.1) is 0 Å². The topological polar surface area (TPSA) is 43.5 Å². The van der Waals surface area contributed by atoms with Crippen LogP contribution in [0.4, 0.5) is 0 Å². The number of hydrogen-bond donors (Lipinski definition) is 0. The summed E-state index contributed by atoms with van der Waals surface area (Å²) >= 11 is 0. The lowest BCUT2D eigenvalue weighted by Gasteiger charge is -2.08. The zero-order valence-corrected chi connectivity index (χ0v) is 16.3. The Morgan fingerprint density at radius 2 is 1.07 bits per heavy atom. The van der Waals surface area contributed by atoms with Crippen LogP contribution in [0.25, 0.3) is 22.3 Å². The summed E-state index contributed by atoms with van der Waals surface area (Å²) < 4.78 is 21.7. The lowest BCUT2D eigenvalue weighted by molar-refractivity contribution is 0.104. The maximum atomic E-state index is 5.71. The highest BCUT2D eigenvalue weighted by Gasteiger charge is 2.23. The number of ether oxygens (including phenoxy) is 4. The summed E-state index contributed by atoms with van der Waals surface area (Å²) in [5.74, 6) is 0.884. The second-order valence-corrected chi connectivity index (χ2v) is 7.54. The zero-order chi connectivity index (χ0) is 19.5. The van der Waals surface area contributed by atoms with E-state index in [-0.39, 0.29) is 6.10 Å². The van der Waals surface area contributed by atoms with Crippen molar-refractivity contribution in [3.8, 4) is 28.0 Å². The number of epoxide rings is 2. The predicted molar refractivity (Wildman–Crippen MR) is 112 cm³/mol. The van der Waals surface area contributed by atoms with Crippen LogP contribution in [-0.4, -0.2) is 38.6 Å². The summed E-state index contributed by atoms with van der Waals surface area (Å²) in [5, 5.41) is 0. The third-order valence-corrected chi connectivity index (χ3v) is 5.17. The molecule has 0 aliphatic carbocycles. The molecular formula is C25H24O4. The molecule has 4 heteroatoms. The van der Waals surface area contributed by atoms with Crippen molar-refractivity contribution in [3.05, 3.63) is 78.4 Å². The predicted octanol–water partition coefficient (Wildman–Crippen LogP) is 4.71. The first-order valence-corrected chi connectivity index (χ1v) is 10.1. The minimum atomic E-state index is 0.279. The summed E-state index contributed by atoms with van der Waals surface area (Å²) in [6.07, 6.45) is 0.593. The largest absolute Gasteiger partial charge is 0.491 e.